The van der Waals surface area contributed by atoms with Crippen LogP contribution in [0.15, 0.2) is 0 Å². The number of esters is 1. The normalized spacial score (nSPS) is 22.1. The highest BCUT2D eigenvalue weighted by atomic mass is 32.1. The van der Waals surface area contributed by atoms with E-state index in [1.807, 2.05) is 18.7 Å². The van der Waals surface area contributed by atoms with Crippen LogP contribution in [0.25, 0.3) is 0 Å². The number of primary amides is 1. The fourth-order valence-corrected chi connectivity index (χ4v) is 3.56. The van der Waals surface area contributed by atoms with Crippen molar-refractivity contribution in [3.05, 3.63) is 10.4 Å². The molecule has 21 heavy (non-hydrogen) atoms. The van der Waals surface area contributed by atoms with E-state index in [-0.39, 0.29) is 28.3 Å². The maximum absolute atomic E-state index is 12.0. The van der Waals surface area contributed by atoms with Crippen LogP contribution in [0.4, 0.5) is 10.7 Å². The fourth-order valence-electron chi connectivity index (χ4n) is 2.48. The number of hydrogen-bond donors (Lipinski definition) is 2. The van der Waals surface area contributed by atoms with E-state index in [9.17, 15) is 9.59 Å². The molecular formula is C13H19N3O4S. The standard InChI is InChI=1S/C13H19N3O4S/c1-6-4-16(5-7(2)20-6)12-8(13(18)19-3)9(14)10(21-12)11(15)17/h6-7H,4-5,14H2,1-3H3,(H2,15,17)/t6-,7+. The molecule has 0 bridgehead atoms. The van der Waals surface area contributed by atoms with E-state index in [1.54, 1.807) is 0 Å². The third-order valence-electron chi connectivity index (χ3n) is 3.25. The second-order valence-electron chi connectivity index (χ2n) is 5.04. The topological polar surface area (TPSA) is 108 Å². The maximum Gasteiger partial charge on any atom is 0.343 e. The molecule has 4 N–H and O–H groups in total. The third-order valence-corrected chi connectivity index (χ3v) is 4.53. The van der Waals surface area contributed by atoms with Crippen LogP contribution in [0.1, 0.15) is 33.9 Å². The minimum atomic E-state index is -0.650. The second-order valence-corrected chi connectivity index (χ2v) is 6.04. The Kier molecular flexibility index (Phi) is 4.38. The summed E-state index contributed by atoms with van der Waals surface area (Å²) in [6.45, 7) is 5.11. The van der Waals surface area contributed by atoms with Gasteiger partial charge in [-0.15, -0.1) is 11.3 Å². The molecule has 8 heteroatoms. The van der Waals surface area contributed by atoms with Gasteiger partial charge in [0.1, 0.15) is 15.4 Å². The zero-order chi connectivity index (χ0) is 15.7. The monoisotopic (exact) mass is 313 g/mol. The summed E-state index contributed by atoms with van der Waals surface area (Å²) in [5.41, 5.74) is 11.5. The molecule has 1 amide bonds. The lowest BCUT2D eigenvalue weighted by Crippen LogP contribution is -2.45. The van der Waals surface area contributed by atoms with Gasteiger partial charge in [-0.1, -0.05) is 0 Å². The van der Waals surface area contributed by atoms with Gasteiger partial charge in [0.2, 0.25) is 0 Å². The number of hydrogen-bond acceptors (Lipinski definition) is 7. The molecule has 1 fully saturated rings. The first-order valence-corrected chi connectivity index (χ1v) is 7.37. The maximum atomic E-state index is 12.0. The van der Waals surface area contributed by atoms with Gasteiger partial charge in [0.25, 0.3) is 5.91 Å². The number of anilines is 2. The van der Waals surface area contributed by atoms with Crippen LogP contribution in [0.5, 0.6) is 0 Å². The van der Waals surface area contributed by atoms with Crippen molar-refractivity contribution in [1.29, 1.82) is 0 Å². The fraction of sp³-hybridized carbons (Fsp3) is 0.538. The molecule has 2 rings (SSSR count). The van der Waals surface area contributed by atoms with Gasteiger partial charge in [-0.3, -0.25) is 4.79 Å². The van der Waals surface area contributed by atoms with Crippen molar-refractivity contribution in [2.24, 2.45) is 5.73 Å². The molecular weight excluding hydrogens is 294 g/mol. The number of nitrogen functional groups attached to an aromatic ring is 1. The summed E-state index contributed by atoms with van der Waals surface area (Å²) < 4.78 is 10.4. The minimum absolute atomic E-state index is 0.0135. The summed E-state index contributed by atoms with van der Waals surface area (Å²) in [7, 11) is 1.28. The molecule has 0 spiro atoms. The Bertz CT molecular complexity index is 562. The third kappa shape index (κ3) is 2.96. The number of carbonyl (C=O) groups excluding carboxylic acids is 2. The van der Waals surface area contributed by atoms with Crippen LogP contribution >= 0.6 is 11.3 Å². The van der Waals surface area contributed by atoms with Crippen molar-refractivity contribution in [2.75, 3.05) is 30.8 Å². The van der Waals surface area contributed by atoms with Gasteiger partial charge in [0, 0.05) is 13.1 Å². The van der Waals surface area contributed by atoms with E-state index < -0.39 is 11.9 Å². The van der Waals surface area contributed by atoms with E-state index >= 15 is 0 Å². The Morgan fingerprint density at radius 3 is 2.38 bits per heavy atom. The molecule has 1 aromatic heterocycles. The van der Waals surface area contributed by atoms with Crippen molar-refractivity contribution < 1.29 is 19.1 Å². The molecule has 1 saturated heterocycles. The van der Waals surface area contributed by atoms with Crippen LogP contribution in [0, 0.1) is 0 Å². The Hall–Kier alpha value is -1.80. The first-order valence-electron chi connectivity index (χ1n) is 6.55. The van der Waals surface area contributed by atoms with Crippen LogP contribution in [-0.2, 0) is 9.47 Å². The van der Waals surface area contributed by atoms with Gasteiger partial charge in [-0.2, -0.15) is 0 Å². The van der Waals surface area contributed by atoms with Crippen molar-refractivity contribution in [2.45, 2.75) is 26.1 Å². The van der Waals surface area contributed by atoms with Crippen LogP contribution in [0.3, 0.4) is 0 Å². The highest BCUT2D eigenvalue weighted by Crippen LogP contribution is 2.39. The number of nitrogens with zero attached hydrogens (tertiary/aromatic N) is 1. The number of ether oxygens (including phenoxy) is 2. The smallest absolute Gasteiger partial charge is 0.343 e. The van der Waals surface area contributed by atoms with Crippen molar-refractivity contribution in [1.82, 2.24) is 0 Å². The number of morpholine rings is 1. The quantitative estimate of drug-likeness (QED) is 0.800. The molecule has 1 aliphatic rings. The summed E-state index contributed by atoms with van der Waals surface area (Å²) in [5.74, 6) is -1.22. The van der Waals surface area contributed by atoms with Gasteiger partial charge in [0.05, 0.1) is 25.0 Å². The van der Waals surface area contributed by atoms with E-state index in [0.29, 0.717) is 18.1 Å². The lowest BCUT2D eigenvalue weighted by Gasteiger charge is -2.36. The number of thiophene rings is 1. The largest absolute Gasteiger partial charge is 0.465 e. The SMILES string of the molecule is COC(=O)c1c(N2C[C@@H](C)O[C@@H](C)C2)sc(C(N)=O)c1N. The first kappa shape index (κ1) is 15.6. The summed E-state index contributed by atoms with van der Waals surface area (Å²) in [4.78, 5) is 25.6. The Balaban J connectivity index is 2.48. The molecule has 7 nitrogen and oxygen atoms in total. The van der Waals surface area contributed by atoms with Gasteiger partial charge < -0.3 is 25.8 Å². The summed E-state index contributed by atoms with van der Waals surface area (Å²) in [6, 6.07) is 0. The Labute approximate surface area is 126 Å². The first-order chi connectivity index (χ1) is 9.85. The average Bonchev–Trinajstić information content (AvgIpc) is 2.74. The molecule has 116 valence electrons. The average molecular weight is 313 g/mol. The van der Waals surface area contributed by atoms with Crippen molar-refractivity contribution in [3.8, 4) is 0 Å². The van der Waals surface area contributed by atoms with E-state index in [2.05, 4.69) is 0 Å². The molecule has 0 unspecified atom stereocenters. The zero-order valence-electron chi connectivity index (χ0n) is 12.2. The summed E-state index contributed by atoms with van der Waals surface area (Å²) in [5, 5.41) is 0.607. The van der Waals surface area contributed by atoms with Crippen molar-refractivity contribution >= 4 is 33.9 Å². The van der Waals surface area contributed by atoms with Crippen molar-refractivity contribution in [3.63, 3.8) is 0 Å². The molecule has 2 atom stereocenters. The zero-order valence-corrected chi connectivity index (χ0v) is 13.0. The van der Waals surface area contributed by atoms with Crippen LogP contribution in [-0.4, -0.2) is 44.3 Å². The van der Waals surface area contributed by atoms with E-state index in [0.717, 1.165) is 11.3 Å². The van der Waals surface area contributed by atoms with Gasteiger partial charge in [-0.05, 0) is 13.8 Å². The van der Waals surface area contributed by atoms with E-state index in [1.165, 1.54) is 7.11 Å². The highest BCUT2D eigenvalue weighted by molar-refractivity contribution is 7.19. The molecule has 0 aliphatic carbocycles. The molecule has 2 heterocycles. The number of nitrogens with two attached hydrogens (primary N) is 2. The number of amides is 1. The van der Waals surface area contributed by atoms with Gasteiger partial charge in [-0.25, -0.2) is 4.79 Å². The predicted molar refractivity (Wildman–Crippen MR) is 80.8 cm³/mol. The summed E-state index contributed by atoms with van der Waals surface area (Å²) in [6.07, 6.45) is 0.0270. The molecule has 0 aromatic carbocycles. The Morgan fingerprint density at radius 2 is 1.90 bits per heavy atom. The molecule has 1 aromatic rings. The van der Waals surface area contributed by atoms with Crippen LogP contribution in [0.2, 0.25) is 0 Å². The molecule has 1 aliphatic heterocycles. The molecule has 0 radical (unpaired) electrons. The number of methoxy groups -OCH3 is 1. The predicted octanol–water partition coefficient (Wildman–Crippen LogP) is 0.829. The lowest BCUT2D eigenvalue weighted by atomic mass is 10.2. The van der Waals surface area contributed by atoms with E-state index in [4.69, 9.17) is 20.9 Å². The molecule has 0 saturated carbocycles. The van der Waals surface area contributed by atoms with Gasteiger partial charge >= 0.3 is 5.97 Å². The number of carbonyl (C=O) groups is 2. The lowest BCUT2D eigenvalue weighted by molar-refractivity contribution is -0.00511. The highest BCUT2D eigenvalue weighted by Gasteiger charge is 2.31. The summed E-state index contributed by atoms with van der Waals surface area (Å²) >= 11 is 1.12. The number of rotatable bonds is 3. The second kappa shape index (κ2) is 5.90. The minimum Gasteiger partial charge on any atom is -0.465 e. The Morgan fingerprint density at radius 1 is 1.33 bits per heavy atom. The van der Waals surface area contributed by atoms with Gasteiger partial charge in [0.15, 0.2) is 0 Å². The van der Waals surface area contributed by atoms with Crippen LogP contribution < -0.4 is 16.4 Å².